The summed E-state index contributed by atoms with van der Waals surface area (Å²) in [5.74, 6) is -0.289. The van der Waals surface area contributed by atoms with Crippen molar-refractivity contribution in [1.82, 2.24) is 4.57 Å². The average molecular weight is 242 g/mol. The molecule has 0 unspecified atom stereocenters. The molecular formula is C14H13FN3+. The molecule has 0 saturated heterocycles. The van der Waals surface area contributed by atoms with Crippen LogP contribution in [-0.4, -0.2) is 4.57 Å². The minimum absolute atomic E-state index is 0.0499. The van der Waals surface area contributed by atoms with Gasteiger partial charge in [-0.1, -0.05) is 6.07 Å². The zero-order valence-electron chi connectivity index (χ0n) is 10.1. The molecule has 90 valence electrons. The highest BCUT2D eigenvalue weighted by molar-refractivity contribution is 5.35. The molecule has 1 aliphatic heterocycles. The second-order valence-electron chi connectivity index (χ2n) is 4.71. The third kappa shape index (κ3) is 1.60. The molecule has 3 nitrogen and oxygen atoms in total. The highest BCUT2D eigenvalue weighted by atomic mass is 19.1. The molecule has 2 heterocycles. The van der Waals surface area contributed by atoms with E-state index in [2.05, 4.69) is 10.8 Å². The Bertz CT molecular complexity index is 652. The number of rotatable bonds is 1. The van der Waals surface area contributed by atoms with Crippen LogP contribution in [0.4, 0.5) is 4.39 Å². The lowest BCUT2D eigenvalue weighted by atomic mass is 10.0. The molecule has 0 N–H and O–H groups in total. The summed E-state index contributed by atoms with van der Waals surface area (Å²) >= 11 is 0. The van der Waals surface area contributed by atoms with Crippen LogP contribution < -0.4 is 4.57 Å². The first-order chi connectivity index (χ1) is 8.69. The van der Waals surface area contributed by atoms with E-state index >= 15 is 0 Å². The number of benzene rings is 1. The van der Waals surface area contributed by atoms with Crippen molar-refractivity contribution in [1.29, 1.82) is 5.26 Å². The average Bonchev–Trinajstić information content (AvgIpc) is 2.88. The quantitative estimate of drug-likeness (QED) is 0.702. The maximum atomic E-state index is 14.0. The van der Waals surface area contributed by atoms with Crippen LogP contribution >= 0.6 is 0 Å². The van der Waals surface area contributed by atoms with Gasteiger partial charge in [-0.3, -0.25) is 0 Å². The third-order valence-corrected chi connectivity index (χ3v) is 3.49. The molecule has 0 bridgehead atoms. The van der Waals surface area contributed by atoms with E-state index in [9.17, 15) is 4.39 Å². The van der Waals surface area contributed by atoms with Crippen LogP contribution in [0.25, 0.3) is 0 Å². The number of fused-ring (bicyclic) bond motifs is 1. The molecule has 3 rings (SSSR count). The molecule has 0 saturated carbocycles. The van der Waals surface area contributed by atoms with Gasteiger partial charge in [0.2, 0.25) is 6.33 Å². The first-order valence-electron chi connectivity index (χ1n) is 5.94. The Kier molecular flexibility index (Phi) is 2.41. The first kappa shape index (κ1) is 11.0. The smallest absolute Gasteiger partial charge is 0.239 e. The second-order valence-corrected chi connectivity index (χ2v) is 4.71. The van der Waals surface area contributed by atoms with Gasteiger partial charge in [0.05, 0.1) is 18.7 Å². The normalized spacial score (nSPS) is 17.5. The van der Waals surface area contributed by atoms with Gasteiger partial charge in [-0.25, -0.2) is 13.5 Å². The maximum Gasteiger partial charge on any atom is 0.244 e. The lowest BCUT2D eigenvalue weighted by Crippen LogP contribution is -2.25. The van der Waals surface area contributed by atoms with Crippen LogP contribution in [-0.2, 0) is 13.5 Å². The highest BCUT2D eigenvalue weighted by Gasteiger charge is 2.31. The molecular weight excluding hydrogens is 229 g/mol. The van der Waals surface area contributed by atoms with E-state index in [1.165, 1.54) is 11.8 Å². The van der Waals surface area contributed by atoms with Gasteiger partial charge in [-0.2, -0.15) is 5.26 Å². The molecule has 0 fully saturated rings. The molecule has 0 radical (unpaired) electrons. The van der Waals surface area contributed by atoms with E-state index in [0.29, 0.717) is 11.1 Å². The SMILES string of the molecule is C[n+]1cc2n(c1)[C@@H](c1ccc(C#N)cc1F)CC2. The molecule has 1 atom stereocenters. The van der Waals surface area contributed by atoms with E-state index in [4.69, 9.17) is 5.26 Å². The number of imidazole rings is 1. The van der Waals surface area contributed by atoms with E-state index in [-0.39, 0.29) is 11.9 Å². The zero-order chi connectivity index (χ0) is 12.7. The van der Waals surface area contributed by atoms with Crippen molar-refractivity contribution >= 4 is 0 Å². The Morgan fingerprint density at radius 1 is 1.50 bits per heavy atom. The molecule has 1 aromatic carbocycles. The van der Waals surface area contributed by atoms with Crippen LogP contribution in [0.2, 0.25) is 0 Å². The Labute approximate surface area is 105 Å². The number of aryl methyl sites for hydroxylation is 2. The largest absolute Gasteiger partial charge is 0.244 e. The van der Waals surface area contributed by atoms with E-state index in [1.807, 2.05) is 24.0 Å². The summed E-state index contributed by atoms with van der Waals surface area (Å²) in [6.45, 7) is 0. The number of aromatic nitrogens is 2. The fourth-order valence-corrected chi connectivity index (χ4v) is 2.68. The number of nitriles is 1. The standard InChI is InChI=1S/C14H13FN3/c1-17-8-11-3-5-14(18(11)9-17)12-4-2-10(7-16)6-13(12)15/h2,4,6,8-9,14H,3,5H2,1H3/q+1/t14-/m1/s1. The molecule has 1 aromatic heterocycles. The van der Waals surface area contributed by atoms with Gasteiger partial charge in [0.1, 0.15) is 23.7 Å². The Balaban J connectivity index is 2.05. The number of hydrogen-bond donors (Lipinski definition) is 0. The van der Waals surface area contributed by atoms with Crippen molar-refractivity contribution in [2.45, 2.75) is 18.9 Å². The number of hydrogen-bond acceptors (Lipinski definition) is 1. The third-order valence-electron chi connectivity index (χ3n) is 3.49. The maximum absolute atomic E-state index is 14.0. The van der Waals surface area contributed by atoms with E-state index in [1.54, 1.807) is 12.1 Å². The highest BCUT2D eigenvalue weighted by Crippen LogP contribution is 2.32. The number of nitrogens with zero attached hydrogens (tertiary/aromatic N) is 3. The fourth-order valence-electron chi connectivity index (χ4n) is 2.68. The summed E-state index contributed by atoms with van der Waals surface area (Å²) in [6.07, 6.45) is 5.94. The summed E-state index contributed by atoms with van der Waals surface area (Å²) in [5, 5.41) is 8.75. The predicted octanol–water partition coefficient (Wildman–Crippen LogP) is 1.86. The van der Waals surface area contributed by atoms with E-state index in [0.717, 1.165) is 12.8 Å². The van der Waals surface area contributed by atoms with Crippen LogP contribution in [0, 0.1) is 17.1 Å². The Morgan fingerprint density at radius 2 is 2.33 bits per heavy atom. The lowest BCUT2D eigenvalue weighted by Gasteiger charge is -2.09. The van der Waals surface area contributed by atoms with Crippen LogP contribution in [0.5, 0.6) is 0 Å². The van der Waals surface area contributed by atoms with Crippen LogP contribution in [0.15, 0.2) is 30.7 Å². The van der Waals surface area contributed by atoms with Gasteiger partial charge >= 0.3 is 0 Å². The first-order valence-corrected chi connectivity index (χ1v) is 5.94. The van der Waals surface area contributed by atoms with Gasteiger partial charge in [0.25, 0.3) is 0 Å². The summed E-state index contributed by atoms with van der Waals surface area (Å²) in [6, 6.07) is 6.73. The van der Waals surface area contributed by atoms with Crippen molar-refractivity contribution < 1.29 is 8.96 Å². The van der Waals surface area contributed by atoms with Gasteiger partial charge < -0.3 is 0 Å². The monoisotopic (exact) mass is 242 g/mol. The predicted molar refractivity (Wildman–Crippen MR) is 63.2 cm³/mol. The molecule has 2 aromatic rings. The van der Waals surface area contributed by atoms with Gasteiger partial charge in [-0.05, 0) is 12.1 Å². The molecule has 0 spiro atoms. The van der Waals surface area contributed by atoms with Crippen LogP contribution in [0.3, 0.4) is 0 Å². The Hall–Kier alpha value is -2.15. The van der Waals surface area contributed by atoms with Crippen molar-refractivity contribution in [3.63, 3.8) is 0 Å². The summed E-state index contributed by atoms with van der Waals surface area (Å²) in [7, 11) is 1.97. The summed E-state index contributed by atoms with van der Waals surface area (Å²) in [4.78, 5) is 0. The molecule has 1 aliphatic rings. The van der Waals surface area contributed by atoms with Gasteiger partial charge in [0, 0.05) is 18.4 Å². The van der Waals surface area contributed by atoms with Gasteiger partial charge in [-0.15, -0.1) is 0 Å². The molecule has 18 heavy (non-hydrogen) atoms. The minimum atomic E-state index is -0.289. The zero-order valence-corrected chi connectivity index (χ0v) is 10.1. The van der Waals surface area contributed by atoms with Crippen molar-refractivity contribution in [2.75, 3.05) is 0 Å². The fraction of sp³-hybridized carbons (Fsp3) is 0.286. The van der Waals surface area contributed by atoms with Gasteiger partial charge in [0.15, 0.2) is 0 Å². The van der Waals surface area contributed by atoms with E-state index < -0.39 is 0 Å². The molecule has 0 amide bonds. The summed E-state index contributed by atoms with van der Waals surface area (Å²) < 4.78 is 18.1. The Morgan fingerprint density at radius 3 is 3.06 bits per heavy atom. The molecule has 4 heteroatoms. The summed E-state index contributed by atoms with van der Waals surface area (Å²) in [5.41, 5.74) is 2.27. The van der Waals surface area contributed by atoms with Crippen LogP contribution in [0.1, 0.15) is 29.3 Å². The van der Waals surface area contributed by atoms with Crippen molar-refractivity contribution in [3.8, 4) is 6.07 Å². The topological polar surface area (TPSA) is 32.6 Å². The molecule has 0 aliphatic carbocycles. The number of halogens is 1. The van der Waals surface area contributed by atoms with Crippen molar-refractivity contribution in [3.05, 3.63) is 53.4 Å². The van der Waals surface area contributed by atoms with Crippen molar-refractivity contribution in [2.24, 2.45) is 7.05 Å². The second kappa shape index (κ2) is 3.95. The lowest BCUT2D eigenvalue weighted by molar-refractivity contribution is -0.671. The minimum Gasteiger partial charge on any atom is -0.239 e.